The highest BCUT2D eigenvalue weighted by atomic mass is 16.5. The molecule has 1 aliphatic rings. The molecular formula is C37H62N6O7. The lowest BCUT2D eigenvalue weighted by Crippen LogP contribution is -2.58. The molecule has 1 aromatic rings. The van der Waals surface area contributed by atoms with Gasteiger partial charge < -0.3 is 39.5 Å². The number of methoxy groups -OCH3 is 3. The predicted molar refractivity (Wildman–Crippen MR) is 193 cm³/mol. The van der Waals surface area contributed by atoms with Gasteiger partial charge in [-0.05, 0) is 30.2 Å². The van der Waals surface area contributed by atoms with Crippen molar-refractivity contribution in [2.24, 2.45) is 17.8 Å². The number of esters is 1. The molecule has 0 saturated carbocycles. The molecule has 1 fully saturated rings. The molecule has 0 unspecified atom stereocenters. The third-order valence-electron chi connectivity index (χ3n) is 10.0. The molecule has 0 aliphatic carbocycles. The second kappa shape index (κ2) is 20.2. The third-order valence-corrected chi connectivity index (χ3v) is 10.0. The Morgan fingerprint density at radius 3 is 2.14 bits per heavy atom. The number of likely N-dealkylation sites (N-methyl/N-ethyl adjacent to an activating group) is 1. The van der Waals surface area contributed by atoms with Gasteiger partial charge in [-0.1, -0.05) is 71.4 Å². The fraction of sp³-hybridized carbons (Fsp3) is 0.703. The summed E-state index contributed by atoms with van der Waals surface area (Å²) in [6, 6.07) is 7.08. The number of benzene rings is 1. The van der Waals surface area contributed by atoms with E-state index >= 15 is 0 Å². The van der Waals surface area contributed by atoms with Gasteiger partial charge in [-0.25, -0.2) is 4.79 Å². The van der Waals surface area contributed by atoms with Crippen LogP contribution in [-0.4, -0.2) is 130 Å². The molecule has 0 radical (unpaired) electrons. The number of likely N-dealkylation sites (tertiary alicyclic amines) is 1. The van der Waals surface area contributed by atoms with Gasteiger partial charge >= 0.3 is 5.97 Å². The van der Waals surface area contributed by atoms with Crippen LogP contribution >= 0.6 is 0 Å². The van der Waals surface area contributed by atoms with Crippen LogP contribution in [-0.2, 0) is 39.8 Å². The number of carbonyl (C=O) groups is 4. The van der Waals surface area contributed by atoms with Crippen LogP contribution in [0.1, 0.15) is 65.9 Å². The monoisotopic (exact) mass is 702 g/mol. The number of hydrogen-bond donors (Lipinski definition) is 3. The number of nitrogens with zero attached hydrogens (tertiary/aromatic N) is 3. The lowest BCUT2D eigenvalue weighted by molar-refractivity contribution is -0.148. The molecule has 0 bridgehead atoms. The fourth-order valence-electron chi connectivity index (χ4n) is 6.80. The molecule has 50 heavy (non-hydrogen) atoms. The van der Waals surface area contributed by atoms with E-state index in [2.05, 4.69) is 10.6 Å². The molecule has 13 nitrogen and oxygen atoms in total. The molecule has 0 aromatic heterocycles. The van der Waals surface area contributed by atoms with Crippen LogP contribution in [0.5, 0.6) is 0 Å². The first-order valence-corrected chi connectivity index (χ1v) is 17.7. The topological polar surface area (TPSA) is 154 Å². The van der Waals surface area contributed by atoms with Crippen LogP contribution in [0.2, 0.25) is 0 Å². The highest BCUT2D eigenvalue weighted by Gasteiger charge is 2.43. The smallest absolute Gasteiger partial charge is 0.328 e. The maximum atomic E-state index is 14.1. The summed E-state index contributed by atoms with van der Waals surface area (Å²) in [4.78, 5) is 59.3. The zero-order chi connectivity index (χ0) is 37.7. The molecule has 3 amide bonds. The van der Waals surface area contributed by atoms with Crippen molar-refractivity contribution in [1.82, 2.24) is 25.3 Å². The Kier molecular flexibility index (Phi) is 17.2. The Morgan fingerprint density at radius 1 is 0.980 bits per heavy atom. The molecule has 1 aliphatic heterocycles. The highest BCUT2D eigenvalue weighted by Crippen LogP contribution is 2.29. The number of rotatable bonds is 18. The van der Waals surface area contributed by atoms with E-state index in [9.17, 15) is 19.2 Å². The number of carbonyl (C=O) groups excluding carboxylic acids is 4. The van der Waals surface area contributed by atoms with Crippen molar-refractivity contribution in [2.45, 2.75) is 103 Å². The average Bonchev–Trinajstić information content (AvgIpc) is 3.59. The normalized spacial score (nSPS) is 18.6. The van der Waals surface area contributed by atoms with Crippen LogP contribution < -0.4 is 10.6 Å². The van der Waals surface area contributed by atoms with Crippen molar-refractivity contribution < 1.29 is 33.4 Å². The number of hydrogen-bond acceptors (Lipinski definition) is 8. The molecule has 13 heteroatoms. The molecular weight excluding hydrogens is 640 g/mol. The molecule has 8 atom stereocenters. The zero-order valence-corrected chi connectivity index (χ0v) is 32.0. The van der Waals surface area contributed by atoms with E-state index in [1.54, 1.807) is 49.9 Å². The molecule has 2 rings (SSSR count). The zero-order valence-electron chi connectivity index (χ0n) is 32.0. The standard InChI is InChI=1S/C37H62N6O7/c1-12-24(4)32(42(8)35(46)31(23(2)3)40-37(38)41(6)7)29(48-9)22-30(44)43-20-16-19-28(43)33(49-10)25(5)34(45)39-27(36(47)50-11)21-26-17-14-13-15-18-26/h13-15,17-18,23-25,27-29,31-33H,12,16,19-22H2,1-11H3,(H2,38,40)(H,39,45)/t24-,25+,27-,28-,29+,31-,32-,33+/m0/s1. The van der Waals surface area contributed by atoms with E-state index in [4.69, 9.17) is 19.6 Å². The summed E-state index contributed by atoms with van der Waals surface area (Å²) in [7, 11) is 9.61. The molecule has 1 aromatic carbocycles. The predicted octanol–water partition coefficient (Wildman–Crippen LogP) is 2.92. The summed E-state index contributed by atoms with van der Waals surface area (Å²) >= 11 is 0. The van der Waals surface area contributed by atoms with Crippen LogP contribution in [0, 0.1) is 23.2 Å². The van der Waals surface area contributed by atoms with E-state index < -0.39 is 42.2 Å². The SMILES string of the molecule is CC[C@H](C)[C@@H]([C@@H](CC(=O)N1CCC[C@H]1[C@H](OC)[C@@H](C)C(=O)N[C@@H](Cc1ccccc1)C(=O)OC)OC)N(C)C(=O)[C@@H](NC(=N)N(C)C)C(C)C. The minimum atomic E-state index is -0.880. The third kappa shape index (κ3) is 11.1. The van der Waals surface area contributed by atoms with Crippen molar-refractivity contribution in [1.29, 1.82) is 5.41 Å². The molecule has 0 spiro atoms. The first-order valence-electron chi connectivity index (χ1n) is 17.7. The van der Waals surface area contributed by atoms with Gasteiger partial charge in [0.05, 0.1) is 43.7 Å². The maximum absolute atomic E-state index is 14.1. The van der Waals surface area contributed by atoms with E-state index in [-0.39, 0.29) is 54.4 Å². The largest absolute Gasteiger partial charge is 0.467 e. The maximum Gasteiger partial charge on any atom is 0.328 e. The van der Waals surface area contributed by atoms with E-state index in [0.29, 0.717) is 13.0 Å². The minimum absolute atomic E-state index is 0.00581. The van der Waals surface area contributed by atoms with Crippen molar-refractivity contribution >= 4 is 29.7 Å². The van der Waals surface area contributed by atoms with E-state index in [0.717, 1.165) is 18.4 Å². The van der Waals surface area contributed by atoms with Gasteiger partial charge in [0.1, 0.15) is 12.1 Å². The first-order chi connectivity index (χ1) is 23.6. The first kappa shape index (κ1) is 42.5. The summed E-state index contributed by atoms with van der Waals surface area (Å²) in [5, 5.41) is 14.2. The summed E-state index contributed by atoms with van der Waals surface area (Å²) in [5.41, 5.74) is 0.881. The Balaban J connectivity index is 2.26. The Morgan fingerprint density at radius 2 is 1.62 bits per heavy atom. The summed E-state index contributed by atoms with van der Waals surface area (Å²) in [6.07, 6.45) is 1.23. The van der Waals surface area contributed by atoms with Gasteiger partial charge in [-0.2, -0.15) is 0 Å². The Hall–Kier alpha value is -3.71. The number of ether oxygens (including phenoxy) is 3. The minimum Gasteiger partial charge on any atom is -0.467 e. The second-order valence-corrected chi connectivity index (χ2v) is 14.0. The van der Waals surface area contributed by atoms with Crippen molar-refractivity contribution in [3.05, 3.63) is 35.9 Å². The van der Waals surface area contributed by atoms with Crippen LogP contribution in [0.25, 0.3) is 0 Å². The lowest BCUT2D eigenvalue weighted by atomic mass is 9.89. The van der Waals surface area contributed by atoms with Crippen molar-refractivity contribution in [2.75, 3.05) is 49.0 Å². The van der Waals surface area contributed by atoms with Crippen LogP contribution in [0.3, 0.4) is 0 Å². The summed E-state index contributed by atoms with van der Waals surface area (Å²) in [5.74, 6) is -1.88. The van der Waals surface area contributed by atoms with Crippen LogP contribution in [0.4, 0.5) is 0 Å². The summed E-state index contributed by atoms with van der Waals surface area (Å²) < 4.78 is 16.9. The summed E-state index contributed by atoms with van der Waals surface area (Å²) in [6.45, 7) is 10.2. The molecule has 1 saturated heterocycles. The molecule has 282 valence electrons. The number of guanidine groups is 1. The van der Waals surface area contributed by atoms with Crippen molar-refractivity contribution in [3.63, 3.8) is 0 Å². The van der Waals surface area contributed by atoms with Gasteiger partial charge in [-0.15, -0.1) is 0 Å². The van der Waals surface area contributed by atoms with Gasteiger partial charge in [0.2, 0.25) is 17.7 Å². The van der Waals surface area contributed by atoms with E-state index in [1.807, 2.05) is 58.0 Å². The fourth-order valence-corrected chi connectivity index (χ4v) is 6.80. The number of nitrogens with one attached hydrogen (secondary N) is 3. The number of amides is 3. The average molecular weight is 703 g/mol. The second-order valence-electron chi connectivity index (χ2n) is 14.0. The Labute approximate surface area is 299 Å². The van der Waals surface area contributed by atoms with Crippen LogP contribution in [0.15, 0.2) is 30.3 Å². The van der Waals surface area contributed by atoms with Gasteiger partial charge in [0.25, 0.3) is 0 Å². The van der Waals surface area contributed by atoms with E-state index in [1.165, 1.54) is 14.2 Å². The molecule has 1 heterocycles. The quantitative estimate of drug-likeness (QED) is 0.119. The lowest BCUT2D eigenvalue weighted by Gasteiger charge is -2.41. The molecule has 3 N–H and O–H groups in total. The van der Waals surface area contributed by atoms with Gasteiger partial charge in [0, 0.05) is 48.3 Å². The Bertz CT molecular complexity index is 1260. The highest BCUT2D eigenvalue weighted by molar-refractivity contribution is 5.88. The van der Waals surface area contributed by atoms with Crippen molar-refractivity contribution in [3.8, 4) is 0 Å². The van der Waals surface area contributed by atoms with Gasteiger partial charge in [-0.3, -0.25) is 19.8 Å². The van der Waals surface area contributed by atoms with Gasteiger partial charge in [0.15, 0.2) is 5.96 Å².